The number of carbonyl (C=O) groups is 1. The smallest absolute Gasteiger partial charge is 0.229 e. The summed E-state index contributed by atoms with van der Waals surface area (Å²) in [6.45, 7) is 0. The predicted octanol–water partition coefficient (Wildman–Crippen LogP) is 2.71. The summed E-state index contributed by atoms with van der Waals surface area (Å²) in [5, 5.41) is 11.9. The first-order valence-corrected chi connectivity index (χ1v) is 7.49. The van der Waals surface area contributed by atoms with Crippen molar-refractivity contribution < 1.29 is 10.0 Å². The summed E-state index contributed by atoms with van der Waals surface area (Å²) in [5.41, 5.74) is 6.95. The number of hydrogen-bond donors (Lipinski definition) is 2. The van der Waals surface area contributed by atoms with Crippen LogP contribution in [0.25, 0.3) is 0 Å². The minimum atomic E-state index is 0.0196. The molecule has 1 aliphatic carbocycles. The van der Waals surface area contributed by atoms with Gasteiger partial charge in [0.2, 0.25) is 5.91 Å². The second kappa shape index (κ2) is 7.11. The third kappa shape index (κ3) is 3.54. The summed E-state index contributed by atoms with van der Waals surface area (Å²) < 4.78 is 0. The molecule has 5 nitrogen and oxygen atoms in total. The summed E-state index contributed by atoms with van der Waals surface area (Å²) in [6, 6.07) is 7.23. The topological polar surface area (TPSA) is 78.9 Å². The molecule has 0 heterocycles. The lowest BCUT2D eigenvalue weighted by atomic mass is 9.98. The molecule has 5 heteroatoms. The average molecular weight is 289 g/mol. The number of hydrogen-bond acceptors (Lipinski definition) is 3. The van der Waals surface area contributed by atoms with E-state index in [9.17, 15) is 4.79 Å². The fourth-order valence-electron chi connectivity index (χ4n) is 2.96. The lowest BCUT2D eigenvalue weighted by Gasteiger charge is -2.24. The Bertz CT molecular complexity index is 520. The van der Waals surface area contributed by atoms with Gasteiger partial charge in [0.25, 0.3) is 0 Å². The third-order valence-electron chi connectivity index (χ3n) is 4.18. The van der Waals surface area contributed by atoms with Crippen LogP contribution in [0.4, 0.5) is 5.69 Å². The Morgan fingerprint density at radius 3 is 2.48 bits per heavy atom. The number of oxime groups is 1. The molecule has 21 heavy (non-hydrogen) atoms. The van der Waals surface area contributed by atoms with Gasteiger partial charge < -0.3 is 15.8 Å². The lowest BCUT2D eigenvalue weighted by molar-refractivity contribution is -0.122. The highest BCUT2D eigenvalue weighted by Gasteiger charge is 2.25. The van der Waals surface area contributed by atoms with E-state index < -0.39 is 0 Å². The maximum Gasteiger partial charge on any atom is 0.229 e. The van der Waals surface area contributed by atoms with Gasteiger partial charge in [-0.1, -0.05) is 43.0 Å². The van der Waals surface area contributed by atoms with Gasteiger partial charge in [0.05, 0.1) is 5.69 Å². The highest BCUT2D eigenvalue weighted by atomic mass is 16.4. The van der Waals surface area contributed by atoms with Gasteiger partial charge in [-0.05, 0) is 25.0 Å². The van der Waals surface area contributed by atoms with Crippen molar-refractivity contribution in [3.8, 4) is 0 Å². The van der Waals surface area contributed by atoms with Crippen molar-refractivity contribution >= 4 is 17.4 Å². The monoisotopic (exact) mass is 289 g/mol. The van der Waals surface area contributed by atoms with Crippen LogP contribution in [-0.2, 0) is 4.79 Å². The number of para-hydroxylation sites is 1. The van der Waals surface area contributed by atoms with Crippen LogP contribution in [0, 0.1) is 5.92 Å². The molecule has 1 aromatic rings. The van der Waals surface area contributed by atoms with Crippen molar-refractivity contribution in [3.05, 3.63) is 29.8 Å². The lowest BCUT2D eigenvalue weighted by Crippen LogP contribution is -2.34. The molecule has 1 amide bonds. The quantitative estimate of drug-likeness (QED) is 0.295. The molecule has 0 atom stereocenters. The molecule has 0 bridgehead atoms. The van der Waals surface area contributed by atoms with Crippen molar-refractivity contribution in [2.45, 2.75) is 38.5 Å². The molecule has 114 valence electrons. The fourth-order valence-corrected chi connectivity index (χ4v) is 2.96. The molecule has 2 rings (SSSR count). The summed E-state index contributed by atoms with van der Waals surface area (Å²) in [5.74, 6) is 0.221. The van der Waals surface area contributed by atoms with E-state index >= 15 is 0 Å². The van der Waals surface area contributed by atoms with Gasteiger partial charge in [0.15, 0.2) is 5.84 Å². The average Bonchev–Trinajstić information content (AvgIpc) is 2.82. The van der Waals surface area contributed by atoms with Crippen LogP contribution in [-0.4, -0.2) is 24.0 Å². The molecular formula is C16H23N3O2. The number of anilines is 1. The van der Waals surface area contributed by atoms with Crippen LogP contribution in [0.2, 0.25) is 0 Å². The molecule has 0 spiro atoms. The summed E-state index contributed by atoms with van der Waals surface area (Å²) >= 11 is 0. The van der Waals surface area contributed by atoms with Crippen molar-refractivity contribution in [2.75, 3.05) is 11.9 Å². The van der Waals surface area contributed by atoms with Gasteiger partial charge in [-0.25, -0.2) is 0 Å². The van der Waals surface area contributed by atoms with Gasteiger partial charge in [-0.15, -0.1) is 0 Å². The molecule has 1 aromatic carbocycles. The molecule has 0 aromatic heterocycles. The molecule has 1 saturated carbocycles. The highest BCUT2D eigenvalue weighted by molar-refractivity contribution is 6.06. The first-order chi connectivity index (χ1) is 10.1. The molecule has 1 aliphatic rings. The number of amidine groups is 1. The van der Waals surface area contributed by atoms with Gasteiger partial charge in [-0.3, -0.25) is 4.79 Å². The van der Waals surface area contributed by atoms with E-state index in [4.69, 9.17) is 10.9 Å². The van der Waals surface area contributed by atoms with E-state index in [2.05, 4.69) is 5.16 Å². The van der Waals surface area contributed by atoms with E-state index in [0.29, 0.717) is 11.3 Å². The number of nitrogens with zero attached hydrogens (tertiary/aromatic N) is 2. The standard InChI is InChI=1S/C16H23N3O2/c1-19(16(20)12-8-4-2-3-5-9-12)14-11-7-6-10-13(14)15(17)18-21/h6-7,10-12,21H,2-5,8-9H2,1H3,(H2,17,18). The van der Waals surface area contributed by atoms with Gasteiger partial charge in [0, 0.05) is 18.5 Å². The van der Waals surface area contributed by atoms with E-state index in [1.165, 1.54) is 12.8 Å². The van der Waals surface area contributed by atoms with Gasteiger partial charge in [-0.2, -0.15) is 0 Å². The van der Waals surface area contributed by atoms with E-state index in [1.807, 2.05) is 12.1 Å². The Morgan fingerprint density at radius 2 is 1.86 bits per heavy atom. The maximum absolute atomic E-state index is 12.7. The van der Waals surface area contributed by atoms with Crippen LogP contribution < -0.4 is 10.6 Å². The van der Waals surface area contributed by atoms with E-state index in [0.717, 1.165) is 25.7 Å². The van der Waals surface area contributed by atoms with Crippen molar-refractivity contribution in [2.24, 2.45) is 16.8 Å². The zero-order valence-corrected chi connectivity index (χ0v) is 12.5. The van der Waals surface area contributed by atoms with Crippen molar-refractivity contribution in [1.29, 1.82) is 0 Å². The second-order valence-corrected chi connectivity index (χ2v) is 5.59. The van der Waals surface area contributed by atoms with E-state index in [-0.39, 0.29) is 17.7 Å². The first-order valence-electron chi connectivity index (χ1n) is 7.49. The molecule has 1 fully saturated rings. The number of amides is 1. The van der Waals surface area contributed by atoms with Crippen LogP contribution >= 0.6 is 0 Å². The van der Waals surface area contributed by atoms with Crippen LogP contribution in [0.5, 0.6) is 0 Å². The summed E-state index contributed by atoms with van der Waals surface area (Å²) in [6.07, 6.45) is 6.57. The van der Waals surface area contributed by atoms with Crippen LogP contribution in [0.15, 0.2) is 29.4 Å². The Labute approximate surface area is 125 Å². The van der Waals surface area contributed by atoms with Crippen molar-refractivity contribution in [3.63, 3.8) is 0 Å². The van der Waals surface area contributed by atoms with Gasteiger partial charge >= 0.3 is 0 Å². The van der Waals surface area contributed by atoms with Crippen LogP contribution in [0.3, 0.4) is 0 Å². The Kier molecular flexibility index (Phi) is 5.20. The Morgan fingerprint density at radius 1 is 1.24 bits per heavy atom. The second-order valence-electron chi connectivity index (χ2n) is 5.59. The Balaban J connectivity index is 2.23. The molecule has 0 radical (unpaired) electrons. The molecule has 0 saturated heterocycles. The normalized spacial score (nSPS) is 17.3. The summed E-state index contributed by atoms with van der Waals surface area (Å²) in [4.78, 5) is 14.3. The van der Waals surface area contributed by atoms with Gasteiger partial charge in [0.1, 0.15) is 0 Å². The maximum atomic E-state index is 12.7. The number of nitrogens with two attached hydrogens (primary N) is 1. The fraction of sp³-hybridized carbons (Fsp3) is 0.500. The van der Waals surface area contributed by atoms with E-state index in [1.54, 1.807) is 24.1 Å². The first kappa shape index (κ1) is 15.4. The van der Waals surface area contributed by atoms with Crippen LogP contribution in [0.1, 0.15) is 44.1 Å². The predicted molar refractivity (Wildman–Crippen MR) is 83.6 cm³/mol. The zero-order valence-electron chi connectivity index (χ0n) is 12.5. The largest absolute Gasteiger partial charge is 0.409 e. The molecular weight excluding hydrogens is 266 g/mol. The summed E-state index contributed by atoms with van der Waals surface area (Å²) in [7, 11) is 1.76. The number of rotatable bonds is 3. The minimum Gasteiger partial charge on any atom is -0.409 e. The molecule has 0 unspecified atom stereocenters. The van der Waals surface area contributed by atoms with Crippen molar-refractivity contribution in [1.82, 2.24) is 0 Å². The zero-order chi connectivity index (χ0) is 15.2. The number of benzene rings is 1. The highest BCUT2D eigenvalue weighted by Crippen LogP contribution is 2.27. The minimum absolute atomic E-state index is 0.0196. The third-order valence-corrected chi connectivity index (χ3v) is 4.18. The number of carbonyl (C=O) groups excluding carboxylic acids is 1. The Hall–Kier alpha value is -2.04. The molecule has 3 N–H and O–H groups in total. The SMILES string of the molecule is CN(C(=O)C1CCCCCC1)c1ccccc1/C(N)=N/O. The molecule has 0 aliphatic heterocycles.